The van der Waals surface area contributed by atoms with Gasteiger partial charge >= 0.3 is 0 Å². The highest BCUT2D eigenvalue weighted by Crippen LogP contribution is 2.48. The summed E-state index contributed by atoms with van der Waals surface area (Å²) in [6, 6.07) is 16.9. The van der Waals surface area contributed by atoms with Crippen LogP contribution in [0, 0.1) is 10.1 Å². The Morgan fingerprint density at radius 2 is 1.46 bits per heavy atom. The zero-order valence-electron chi connectivity index (χ0n) is 13.0. The fraction of sp³-hybridized carbons (Fsp3) is 0.278. The zero-order chi connectivity index (χ0) is 16.7. The van der Waals surface area contributed by atoms with Gasteiger partial charge in [-0.15, -0.1) is 0 Å². The fourth-order valence-corrected chi connectivity index (χ4v) is 3.90. The minimum absolute atomic E-state index is 0.0471. The third-order valence-corrected chi connectivity index (χ3v) is 4.84. The quantitative estimate of drug-likeness (QED) is 0.643. The smallest absolute Gasteiger partial charge is 0.259 e. The van der Waals surface area contributed by atoms with Gasteiger partial charge in [-0.25, -0.2) is 5.01 Å². The summed E-state index contributed by atoms with van der Waals surface area (Å²) in [7, 11) is 0. The third-order valence-electron chi connectivity index (χ3n) is 4.84. The molecule has 0 N–H and O–H groups in total. The van der Waals surface area contributed by atoms with Crippen LogP contribution >= 0.6 is 0 Å². The molecule has 2 fully saturated rings. The summed E-state index contributed by atoms with van der Waals surface area (Å²) in [5.74, 6) is -0.0471. The van der Waals surface area contributed by atoms with E-state index in [1.165, 1.54) is 0 Å². The first-order chi connectivity index (χ1) is 11.7. The number of carbonyl (C=O) groups excluding carboxylic acids is 1. The van der Waals surface area contributed by atoms with Gasteiger partial charge in [0.15, 0.2) is 0 Å². The normalized spacial score (nSPS) is 26.6. The van der Waals surface area contributed by atoms with Crippen LogP contribution in [-0.4, -0.2) is 33.4 Å². The van der Waals surface area contributed by atoms with Crippen LogP contribution in [0.25, 0.3) is 0 Å². The van der Waals surface area contributed by atoms with Gasteiger partial charge in [-0.2, -0.15) is 0 Å². The van der Waals surface area contributed by atoms with E-state index in [0.717, 1.165) is 11.1 Å². The Labute approximate surface area is 139 Å². The van der Waals surface area contributed by atoms with Gasteiger partial charge in [0.1, 0.15) is 12.1 Å². The molecule has 2 aromatic carbocycles. The van der Waals surface area contributed by atoms with E-state index in [2.05, 4.69) is 0 Å². The van der Waals surface area contributed by atoms with Gasteiger partial charge in [0.05, 0.1) is 0 Å². The van der Waals surface area contributed by atoms with Crippen molar-refractivity contribution in [3.05, 3.63) is 81.9 Å². The second kappa shape index (κ2) is 5.72. The van der Waals surface area contributed by atoms with E-state index < -0.39 is 18.1 Å². The van der Waals surface area contributed by atoms with Crippen LogP contribution in [0.2, 0.25) is 0 Å². The van der Waals surface area contributed by atoms with Crippen LogP contribution < -0.4 is 0 Å². The first-order valence-electron chi connectivity index (χ1n) is 8.00. The second-order valence-electron chi connectivity index (χ2n) is 6.14. The average molecular weight is 323 g/mol. The Balaban J connectivity index is 1.86. The number of nitro groups is 1. The fourth-order valence-electron chi connectivity index (χ4n) is 3.90. The maximum atomic E-state index is 12.4. The summed E-state index contributed by atoms with van der Waals surface area (Å²) in [5.41, 5.74) is 1.68. The van der Waals surface area contributed by atoms with E-state index in [9.17, 15) is 14.9 Å². The van der Waals surface area contributed by atoms with Crippen molar-refractivity contribution in [2.24, 2.45) is 0 Å². The molecule has 6 heteroatoms. The molecular weight excluding hydrogens is 306 g/mol. The lowest BCUT2D eigenvalue weighted by atomic mass is 9.91. The first kappa shape index (κ1) is 14.8. The molecule has 2 aromatic rings. The predicted octanol–water partition coefficient (Wildman–Crippen LogP) is 2.58. The molecule has 122 valence electrons. The second-order valence-corrected chi connectivity index (χ2v) is 6.14. The lowest BCUT2D eigenvalue weighted by Gasteiger charge is -2.26. The maximum Gasteiger partial charge on any atom is 0.259 e. The molecule has 3 atom stereocenters. The van der Waals surface area contributed by atoms with Gasteiger partial charge in [-0.3, -0.25) is 19.9 Å². The molecule has 24 heavy (non-hydrogen) atoms. The molecule has 2 saturated heterocycles. The van der Waals surface area contributed by atoms with Crippen LogP contribution in [-0.2, 0) is 4.79 Å². The molecule has 4 rings (SSSR count). The van der Waals surface area contributed by atoms with Crippen LogP contribution in [0.1, 0.15) is 29.6 Å². The summed E-state index contributed by atoms with van der Waals surface area (Å²) < 4.78 is 0. The summed E-state index contributed by atoms with van der Waals surface area (Å²) in [5, 5.41) is 15.4. The molecule has 0 aliphatic carbocycles. The van der Waals surface area contributed by atoms with Crippen LogP contribution in [0.15, 0.2) is 60.7 Å². The van der Waals surface area contributed by atoms with E-state index in [4.69, 9.17) is 0 Å². The minimum Gasteiger partial charge on any atom is -0.273 e. The van der Waals surface area contributed by atoms with E-state index >= 15 is 0 Å². The van der Waals surface area contributed by atoms with Crippen LogP contribution in [0.3, 0.4) is 0 Å². The van der Waals surface area contributed by atoms with Crippen molar-refractivity contribution in [1.82, 2.24) is 10.0 Å². The molecule has 2 aliphatic heterocycles. The molecule has 1 amide bonds. The molecule has 0 unspecified atom stereocenters. The average Bonchev–Trinajstić information content (AvgIpc) is 3.14. The van der Waals surface area contributed by atoms with Crippen molar-refractivity contribution in [1.29, 1.82) is 0 Å². The topological polar surface area (TPSA) is 66.7 Å². The van der Waals surface area contributed by atoms with Gasteiger partial charge in [0, 0.05) is 17.9 Å². The van der Waals surface area contributed by atoms with Crippen molar-refractivity contribution in [2.45, 2.75) is 24.5 Å². The zero-order valence-corrected chi connectivity index (χ0v) is 13.0. The number of nitrogens with zero attached hydrogens (tertiary/aromatic N) is 3. The number of fused-ring (bicyclic) bond motifs is 1. The van der Waals surface area contributed by atoms with Gasteiger partial charge < -0.3 is 0 Å². The van der Waals surface area contributed by atoms with Crippen molar-refractivity contribution in [3.8, 4) is 0 Å². The van der Waals surface area contributed by atoms with Gasteiger partial charge in [0.2, 0.25) is 5.91 Å². The standard InChI is InChI=1S/C18H17N3O3/c22-15-11-12-19-16(13-7-3-1-4-8-13)18(21(23)24)17(20(15)19)14-9-5-2-6-10-14/h1-10,16-18H,11-12H2/t16-,17-,18-/m1/s1. The number of hydrogen-bond acceptors (Lipinski definition) is 4. The number of amides is 1. The molecule has 0 radical (unpaired) electrons. The summed E-state index contributed by atoms with van der Waals surface area (Å²) >= 11 is 0. The van der Waals surface area contributed by atoms with Gasteiger partial charge in [-0.1, -0.05) is 60.7 Å². The Morgan fingerprint density at radius 1 is 0.917 bits per heavy atom. The summed E-state index contributed by atoms with van der Waals surface area (Å²) in [6.07, 6.45) is 0.400. The number of hydrazine groups is 1. The highest BCUT2D eigenvalue weighted by atomic mass is 16.6. The Morgan fingerprint density at radius 3 is 2.00 bits per heavy atom. The SMILES string of the molecule is O=C1CCN2[C@H](c3ccccc3)[C@@H]([N+](=O)[O-])[C@@H](c3ccccc3)N12. The number of rotatable bonds is 3. The minimum atomic E-state index is -0.890. The highest BCUT2D eigenvalue weighted by molar-refractivity contribution is 5.79. The van der Waals surface area contributed by atoms with Crippen molar-refractivity contribution < 1.29 is 9.72 Å². The number of hydrogen-bond donors (Lipinski definition) is 0. The van der Waals surface area contributed by atoms with E-state index in [-0.39, 0.29) is 10.8 Å². The largest absolute Gasteiger partial charge is 0.273 e. The Hall–Kier alpha value is -2.73. The first-order valence-corrected chi connectivity index (χ1v) is 8.00. The van der Waals surface area contributed by atoms with Crippen LogP contribution in [0.5, 0.6) is 0 Å². The van der Waals surface area contributed by atoms with Crippen molar-refractivity contribution >= 4 is 5.91 Å². The molecule has 0 bridgehead atoms. The lowest BCUT2D eigenvalue weighted by molar-refractivity contribution is -0.530. The molecular formula is C18H17N3O3. The Bertz CT molecular complexity index is 766. The molecule has 2 aliphatic rings. The molecule has 0 spiro atoms. The van der Waals surface area contributed by atoms with E-state index in [1.54, 1.807) is 5.01 Å². The monoisotopic (exact) mass is 323 g/mol. The third kappa shape index (κ3) is 2.18. The predicted molar refractivity (Wildman–Crippen MR) is 87.3 cm³/mol. The number of benzene rings is 2. The van der Waals surface area contributed by atoms with Crippen LogP contribution in [0.4, 0.5) is 0 Å². The highest BCUT2D eigenvalue weighted by Gasteiger charge is 2.59. The van der Waals surface area contributed by atoms with Crippen molar-refractivity contribution in [2.75, 3.05) is 6.54 Å². The molecule has 0 aromatic heterocycles. The molecule has 6 nitrogen and oxygen atoms in total. The Kier molecular flexibility index (Phi) is 3.54. The maximum absolute atomic E-state index is 12.4. The van der Waals surface area contributed by atoms with Gasteiger partial charge in [-0.05, 0) is 11.1 Å². The van der Waals surface area contributed by atoms with E-state index in [1.807, 2.05) is 65.7 Å². The summed E-state index contributed by atoms with van der Waals surface area (Å²) in [6.45, 7) is 0.520. The molecule has 2 heterocycles. The van der Waals surface area contributed by atoms with Gasteiger partial charge in [0.25, 0.3) is 6.04 Å². The lowest BCUT2D eigenvalue weighted by Crippen LogP contribution is -2.35. The van der Waals surface area contributed by atoms with Crippen molar-refractivity contribution in [3.63, 3.8) is 0 Å². The van der Waals surface area contributed by atoms with E-state index in [0.29, 0.717) is 13.0 Å². The number of carbonyl (C=O) groups is 1. The summed E-state index contributed by atoms with van der Waals surface area (Å²) in [4.78, 5) is 24.2. The molecule has 0 saturated carbocycles.